The molecule has 0 spiro atoms. The standard InChI is InChI=1S/C31H27NO6/c1-4-37-31(34)28-25(20-12-6-5-7-13-20)26-21-14-9-8-11-19(21)17-18-24(26)38-30(28)32-29(33)27-22(35-2)15-10-16-23(27)36-3/h5-18,25H,4H2,1-3H3,(H,32,33). The Morgan fingerprint density at radius 2 is 1.53 bits per heavy atom. The van der Waals surface area contributed by atoms with Crippen LogP contribution in [0, 0.1) is 0 Å². The molecule has 1 atom stereocenters. The summed E-state index contributed by atoms with van der Waals surface area (Å²) < 4.78 is 22.6. The van der Waals surface area contributed by atoms with Gasteiger partial charge in [-0.15, -0.1) is 0 Å². The number of fused-ring (bicyclic) bond motifs is 3. The van der Waals surface area contributed by atoms with Gasteiger partial charge in [-0.25, -0.2) is 4.79 Å². The number of esters is 1. The van der Waals surface area contributed by atoms with Gasteiger partial charge in [0.15, 0.2) is 0 Å². The van der Waals surface area contributed by atoms with E-state index in [1.165, 1.54) is 14.2 Å². The van der Waals surface area contributed by atoms with Gasteiger partial charge in [0.1, 0.15) is 28.4 Å². The zero-order valence-corrected chi connectivity index (χ0v) is 21.3. The molecule has 0 aliphatic carbocycles. The largest absolute Gasteiger partial charge is 0.496 e. The maximum atomic E-state index is 13.6. The number of rotatable bonds is 7. The summed E-state index contributed by atoms with van der Waals surface area (Å²) in [6.45, 7) is 1.90. The fourth-order valence-corrected chi connectivity index (χ4v) is 4.83. The molecule has 0 bridgehead atoms. The Kier molecular flexibility index (Phi) is 7.00. The number of hydrogen-bond donors (Lipinski definition) is 1. The highest BCUT2D eigenvalue weighted by Crippen LogP contribution is 2.46. The highest BCUT2D eigenvalue weighted by molar-refractivity contribution is 6.02. The molecule has 0 fully saturated rings. The second-order valence-corrected chi connectivity index (χ2v) is 8.60. The van der Waals surface area contributed by atoms with E-state index in [9.17, 15) is 9.59 Å². The molecule has 7 nitrogen and oxygen atoms in total. The molecule has 4 aromatic rings. The lowest BCUT2D eigenvalue weighted by Gasteiger charge is -2.31. The maximum absolute atomic E-state index is 13.6. The Balaban J connectivity index is 1.73. The molecule has 0 radical (unpaired) electrons. The van der Waals surface area contributed by atoms with Crippen molar-refractivity contribution in [1.29, 1.82) is 0 Å². The summed E-state index contributed by atoms with van der Waals surface area (Å²) in [5.41, 5.74) is 2.06. The first-order valence-electron chi connectivity index (χ1n) is 12.2. The van der Waals surface area contributed by atoms with Crippen molar-refractivity contribution in [2.24, 2.45) is 0 Å². The molecule has 1 heterocycles. The quantitative estimate of drug-likeness (QED) is 0.327. The van der Waals surface area contributed by atoms with Gasteiger partial charge in [-0.2, -0.15) is 0 Å². The summed E-state index contributed by atoms with van der Waals surface area (Å²) in [6, 6.07) is 26.4. The van der Waals surface area contributed by atoms with Crippen LogP contribution in [0.3, 0.4) is 0 Å². The Hall–Kier alpha value is -4.78. The van der Waals surface area contributed by atoms with Gasteiger partial charge >= 0.3 is 5.97 Å². The van der Waals surface area contributed by atoms with Crippen molar-refractivity contribution >= 4 is 22.6 Å². The van der Waals surface area contributed by atoms with Crippen LogP contribution in [0.15, 0.2) is 96.4 Å². The molecule has 0 saturated carbocycles. The molecule has 5 rings (SSSR count). The molecule has 1 aliphatic heterocycles. The van der Waals surface area contributed by atoms with Gasteiger partial charge in [0.2, 0.25) is 5.88 Å². The van der Waals surface area contributed by atoms with Gasteiger partial charge in [-0.05, 0) is 41.5 Å². The second kappa shape index (κ2) is 10.7. The Bertz CT molecular complexity index is 1520. The predicted octanol–water partition coefficient (Wildman–Crippen LogP) is 5.59. The molecule has 7 heteroatoms. The lowest BCUT2D eigenvalue weighted by atomic mass is 9.80. The third-order valence-corrected chi connectivity index (χ3v) is 6.47. The SMILES string of the molecule is CCOC(=O)C1=C(NC(=O)c2c(OC)cccc2OC)Oc2ccc3ccccc3c2C1c1ccccc1. The van der Waals surface area contributed by atoms with Gasteiger partial charge in [-0.1, -0.05) is 66.7 Å². The van der Waals surface area contributed by atoms with E-state index in [0.29, 0.717) is 17.2 Å². The molecular weight excluding hydrogens is 482 g/mol. The lowest BCUT2D eigenvalue weighted by Crippen LogP contribution is -2.34. The van der Waals surface area contributed by atoms with Gasteiger partial charge in [0.25, 0.3) is 5.91 Å². The number of methoxy groups -OCH3 is 2. The number of carbonyl (C=O) groups excluding carboxylic acids is 2. The summed E-state index contributed by atoms with van der Waals surface area (Å²) in [7, 11) is 2.94. The first-order valence-corrected chi connectivity index (χ1v) is 12.2. The minimum Gasteiger partial charge on any atom is -0.496 e. The molecule has 38 heavy (non-hydrogen) atoms. The van der Waals surface area contributed by atoms with Crippen LogP contribution in [0.25, 0.3) is 10.8 Å². The summed E-state index contributed by atoms with van der Waals surface area (Å²) in [4.78, 5) is 27.2. The first-order chi connectivity index (χ1) is 18.6. The average Bonchev–Trinajstić information content (AvgIpc) is 2.96. The summed E-state index contributed by atoms with van der Waals surface area (Å²) in [6.07, 6.45) is 0. The number of amides is 1. The number of ether oxygens (including phenoxy) is 4. The van der Waals surface area contributed by atoms with Crippen molar-refractivity contribution in [2.75, 3.05) is 20.8 Å². The predicted molar refractivity (Wildman–Crippen MR) is 144 cm³/mol. The van der Waals surface area contributed by atoms with E-state index in [1.54, 1.807) is 25.1 Å². The minimum absolute atomic E-state index is 0.00181. The second-order valence-electron chi connectivity index (χ2n) is 8.60. The van der Waals surface area contributed by atoms with E-state index < -0.39 is 17.8 Å². The fourth-order valence-electron chi connectivity index (χ4n) is 4.83. The highest BCUT2D eigenvalue weighted by atomic mass is 16.5. The zero-order valence-electron chi connectivity index (χ0n) is 21.3. The van der Waals surface area contributed by atoms with E-state index in [1.807, 2.05) is 66.7 Å². The molecule has 1 N–H and O–H groups in total. The van der Waals surface area contributed by atoms with E-state index in [-0.39, 0.29) is 23.6 Å². The van der Waals surface area contributed by atoms with Gasteiger partial charge in [-0.3, -0.25) is 10.1 Å². The molecular formula is C31H27NO6. The van der Waals surface area contributed by atoms with Crippen LogP contribution < -0.4 is 19.5 Å². The van der Waals surface area contributed by atoms with Crippen LogP contribution in [0.5, 0.6) is 17.2 Å². The van der Waals surface area contributed by atoms with Crippen molar-refractivity contribution < 1.29 is 28.5 Å². The van der Waals surface area contributed by atoms with Crippen LogP contribution >= 0.6 is 0 Å². The zero-order chi connectivity index (χ0) is 26.6. The fraction of sp³-hybridized carbons (Fsp3) is 0.161. The van der Waals surface area contributed by atoms with E-state index in [0.717, 1.165) is 21.9 Å². The van der Waals surface area contributed by atoms with Gasteiger partial charge in [0, 0.05) is 5.56 Å². The van der Waals surface area contributed by atoms with E-state index in [4.69, 9.17) is 18.9 Å². The van der Waals surface area contributed by atoms with Gasteiger partial charge in [0.05, 0.1) is 26.7 Å². The van der Waals surface area contributed by atoms with E-state index >= 15 is 0 Å². The third kappa shape index (κ3) is 4.43. The van der Waals surface area contributed by atoms with Crippen LogP contribution in [-0.2, 0) is 9.53 Å². The highest BCUT2D eigenvalue weighted by Gasteiger charge is 2.38. The molecule has 1 amide bonds. The summed E-state index contributed by atoms with van der Waals surface area (Å²) in [5, 5.41) is 4.77. The van der Waals surface area contributed by atoms with Crippen molar-refractivity contribution in [3.63, 3.8) is 0 Å². The van der Waals surface area contributed by atoms with Crippen molar-refractivity contribution in [3.8, 4) is 17.2 Å². The van der Waals surface area contributed by atoms with Gasteiger partial charge < -0.3 is 18.9 Å². The van der Waals surface area contributed by atoms with Crippen molar-refractivity contribution in [3.05, 3.63) is 113 Å². The number of hydrogen-bond acceptors (Lipinski definition) is 6. The summed E-state index contributed by atoms with van der Waals surface area (Å²) in [5.74, 6) is -0.510. The van der Waals surface area contributed by atoms with E-state index in [2.05, 4.69) is 5.32 Å². The molecule has 1 aliphatic rings. The van der Waals surface area contributed by atoms with Crippen LogP contribution in [0.4, 0.5) is 0 Å². The molecule has 192 valence electrons. The molecule has 0 saturated heterocycles. The average molecular weight is 510 g/mol. The Labute approximate surface area is 220 Å². The molecule has 4 aromatic carbocycles. The Morgan fingerprint density at radius 1 is 0.842 bits per heavy atom. The maximum Gasteiger partial charge on any atom is 0.340 e. The van der Waals surface area contributed by atoms with Crippen LogP contribution in [-0.4, -0.2) is 32.7 Å². The molecule has 0 aromatic heterocycles. The Morgan fingerprint density at radius 3 is 2.21 bits per heavy atom. The summed E-state index contributed by atoms with van der Waals surface area (Å²) >= 11 is 0. The first kappa shape index (κ1) is 24.9. The smallest absolute Gasteiger partial charge is 0.340 e. The van der Waals surface area contributed by atoms with Crippen molar-refractivity contribution in [2.45, 2.75) is 12.8 Å². The normalized spacial score (nSPS) is 14.3. The monoisotopic (exact) mass is 509 g/mol. The topological polar surface area (TPSA) is 83.1 Å². The van der Waals surface area contributed by atoms with Crippen LogP contribution in [0.2, 0.25) is 0 Å². The third-order valence-electron chi connectivity index (χ3n) is 6.47. The lowest BCUT2D eigenvalue weighted by molar-refractivity contribution is -0.139. The van der Waals surface area contributed by atoms with Crippen molar-refractivity contribution in [1.82, 2.24) is 5.32 Å². The van der Waals surface area contributed by atoms with Crippen LogP contribution in [0.1, 0.15) is 34.3 Å². The minimum atomic E-state index is -0.581. The number of nitrogens with one attached hydrogen (secondary N) is 1. The molecule has 1 unspecified atom stereocenters. The number of benzene rings is 4. The number of carbonyl (C=O) groups is 2.